The molecule has 1 aromatic heterocycles. The maximum absolute atomic E-state index is 6.03. The molecule has 1 unspecified atom stereocenters. The van der Waals surface area contributed by atoms with E-state index in [1.807, 2.05) is 28.9 Å². The molecule has 0 radical (unpaired) electrons. The molecule has 6 heteroatoms. The number of rotatable bonds is 5. The van der Waals surface area contributed by atoms with Gasteiger partial charge in [-0.3, -0.25) is 0 Å². The highest BCUT2D eigenvalue weighted by atomic mass is 35.5. The number of hydrogen-bond acceptors (Lipinski definition) is 4. The summed E-state index contributed by atoms with van der Waals surface area (Å²) in [5.74, 6) is 0.861. The van der Waals surface area contributed by atoms with Crippen LogP contribution >= 0.6 is 11.6 Å². The summed E-state index contributed by atoms with van der Waals surface area (Å²) in [6, 6.07) is 8.52. The first-order valence-electron chi connectivity index (χ1n) is 6.49. The largest absolute Gasteiger partial charge is 0.307 e. The molecular weight excluding hydrogens is 262 g/mol. The van der Waals surface area contributed by atoms with Crippen molar-refractivity contribution in [1.29, 1.82) is 0 Å². The molecule has 1 saturated carbocycles. The zero-order chi connectivity index (χ0) is 13.2. The minimum Gasteiger partial charge on any atom is -0.307 e. The fourth-order valence-corrected chi connectivity index (χ4v) is 2.26. The second-order valence-corrected chi connectivity index (χ2v) is 5.36. The zero-order valence-electron chi connectivity index (χ0n) is 10.8. The first-order chi connectivity index (χ1) is 9.24. The number of hydrogen-bond donors (Lipinski definition) is 1. The summed E-state index contributed by atoms with van der Waals surface area (Å²) in [4.78, 5) is 0. The van der Waals surface area contributed by atoms with E-state index in [0.717, 1.165) is 16.4 Å². The summed E-state index contributed by atoms with van der Waals surface area (Å²) in [7, 11) is 0. The standard InChI is InChI=1S/C13H16ClN5/c1-9(10-3-2-4-11(14)7-10)19-13(16-17-18-19)8-15-12-5-6-12/h2-4,7,9,12,15H,5-6,8H2,1H3. The Morgan fingerprint density at radius 3 is 3.05 bits per heavy atom. The van der Waals surface area contributed by atoms with Crippen LogP contribution in [0.4, 0.5) is 0 Å². The van der Waals surface area contributed by atoms with Crippen LogP contribution in [0.25, 0.3) is 0 Å². The van der Waals surface area contributed by atoms with E-state index in [9.17, 15) is 0 Å². The Balaban J connectivity index is 1.78. The lowest BCUT2D eigenvalue weighted by atomic mass is 10.1. The molecule has 1 fully saturated rings. The number of nitrogens with zero attached hydrogens (tertiary/aromatic N) is 4. The third-order valence-corrected chi connectivity index (χ3v) is 3.62. The molecular formula is C13H16ClN5. The molecule has 5 nitrogen and oxygen atoms in total. The fraction of sp³-hybridized carbons (Fsp3) is 0.462. The molecule has 0 aliphatic heterocycles. The predicted molar refractivity (Wildman–Crippen MR) is 72.9 cm³/mol. The second kappa shape index (κ2) is 5.27. The van der Waals surface area contributed by atoms with E-state index in [-0.39, 0.29) is 6.04 Å². The van der Waals surface area contributed by atoms with Crippen molar-refractivity contribution >= 4 is 11.6 Å². The molecule has 3 rings (SSSR count). The Labute approximate surface area is 117 Å². The van der Waals surface area contributed by atoms with Gasteiger partial charge < -0.3 is 5.32 Å². The maximum atomic E-state index is 6.03. The number of benzene rings is 1. The quantitative estimate of drug-likeness (QED) is 0.910. The molecule has 0 saturated heterocycles. The number of nitrogens with one attached hydrogen (secondary N) is 1. The van der Waals surface area contributed by atoms with Crippen LogP contribution in [0, 0.1) is 0 Å². The molecule has 0 amide bonds. The summed E-state index contributed by atoms with van der Waals surface area (Å²) in [6.45, 7) is 2.78. The van der Waals surface area contributed by atoms with Crippen molar-refractivity contribution in [3.05, 3.63) is 40.7 Å². The predicted octanol–water partition coefficient (Wildman–Crippen LogP) is 2.19. The van der Waals surface area contributed by atoms with Crippen molar-refractivity contribution in [1.82, 2.24) is 25.5 Å². The maximum Gasteiger partial charge on any atom is 0.165 e. The topological polar surface area (TPSA) is 55.6 Å². The molecule has 1 aromatic carbocycles. The SMILES string of the molecule is CC(c1cccc(Cl)c1)n1nnnc1CNC1CC1. The van der Waals surface area contributed by atoms with E-state index in [4.69, 9.17) is 11.6 Å². The van der Waals surface area contributed by atoms with E-state index < -0.39 is 0 Å². The van der Waals surface area contributed by atoms with E-state index in [1.54, 1.807) is 0 Å². The van der Waals surface area contributed by atoms with E-state index in [0.29, 0.717) is 12.6 Å². The molecule has 1 atom stereocenters. The van der Waals surface area contributed by atoms with Crippen molar-refractivity contribution < 1.29 is 0 Å². The number of tetrazole rings is 1. The van der Waals surface area contributed by atoms with Gasteiger partial charge in [0.15, 0.2) is 5.82 Å². The highest BCUT2D eigenvalue weighted by Gasteiger charge is 2.22. The van der Waals surface area contributed by atoms with Gasteiger partial charge in [0.1, 0.15) is 0 Å². The molecule has 1 aliphatic carbocycles. The van der Waals surface area contributed by atoms with E-state index in [2.05, 4.69) is 27.8 Å². The van der Waals surface area contributed by atoms with Gasteiger partial charge in [-0.2, -0.15) is 0 Å². The minimum atomic E-state index is 0.0738. The van der Waals surface area contributed by atoms with Gasteiger partial charge >= 0.3 is 0 Å². The van der Waals surface area contributed by atoms with Crippen LogP contribution in [0.1, 0.15) is 37.2 Å². The lowest BCUT2D eigenvalue weighted by molar-refractivity contribution is 0.504. The Hall–Kier alpha value is -1.46. The van der Waals surface area contributed by atoms with Crippen LogP contribution in [0.5, 0.6) is 0 Å². The molecule has 0 spiro atoms. The summed E-state index contributed by atoms with van der Waals surface area (Å²) >= 11 is 6.03. The van der Waals surface area contributed by atoms with Crippen LogP contribution in [0.2, 0.25) is 5.02 Å². The lowest BCUT2D eigenvalue weighted by Crippen LogP contribution is -2.21. The Bertz CT molecular complexity index is 564. The van der Waals surface area contributed by atoms with E-state index in [1.165, 1.54) is 12.8 Å². The molecule has 0 bridgehead atoms. The number of halogens is 1. The van der Waals surface area contributed by atoms with Gasteiger partial charge in [-0.05, 0) is 47.9 Å². The molecule has 1 aliphatic rings. The average Bonchev–Trinajstić information content (AvgIpc) is 3.13. The zero-order valence-corrected chi connectivity index (χ0v) is 11.5. The van der Waals surface area contributed by atoms with Gasteiger partial charge in [0.25, 0.3) is 0 Å². The van der Waals surface area contributed by atoms with Crippen LogP contribution in [0.15, 0.2) is 24.3 Å². The monoisotopic (exact) mass is 277 g/mol. The fourth-order valence-electron chi connectivity index (χ4n) is 2.06. The van der Waals surface area contributed by atoms with Crippen molar-refractivity contribution in [2.45, 2.75) is 38.4 Å². The summed E-state index contributed by atoms with van der Waals surface area (Å²) in [5.41, 5.74) is 1.10. The first kappa shape index (κ1) is 12.6. The van der Waals surface area contributed by atoms with Crippen LogP contribution in [-0.4, -0.2) is 26.2 Å². The summed E-state index contributed by atoms with van der Waals surface area (Å²) < 4.78 is 1.85. The third kappa shape index (κ3) is 2.93. The smallest absolute Gasteiger partial charge is 0.165 e. The second-order valence-electron chi connectivity index (χ2n) is 4.93. The van der Waals surface area contributed by atoms with Crippen molar-refractivity contribution in [3.8, 4) is 0 Å². The van der Waals surface area contributed by atoms with Crippen LogP contribution in [-0.2, 0) is 6.54 Å². The Morgan fingerprint density at radius 1 is 1.47 bits per heavy atom. The lowest BCUT2D eigenvalue weighted by Gasteiger charge is -2.14. The molecule has 2 aromatic rings. The Morgan fingerprint density at radius 2 is 2.32 bits per heavy atom. The van der Waals surface area contributed by atoms with Gasteiger partial charge in [-0.1, -0.05) is 23.7 Å². The normalized spacial score (nSPS) is 16.5. The third-order valence-electron chi connectivity index (χ3n) is 3.39. The first-order valence-corrected chi connectivity index (χ1v) is 6.87. The van der Waals surface area contributed by atoms with Gasteiger partial charge in [-0.15, -0.1) is 5.10 Å². The summed E-state index contributed by atoms with van der Waals surface area (Å²) in [5, 5.41) is 16.1. The number of aromatic nitrogens is 4. The average molecular weight is 278 g/mol. The van der Waals surface area contributed by atoms with Crippen LogP contribution < -0.4 is 5.32 Å². The molecule has 100 valence electrons. The summed E-state index contributed by atoms with van der Waals surface area (Å²) in [6.07, 6.45) is 2.51. The highest BCUT2D eigenvalue weighted by molar-refractivity contribution is 6.30. The Kier molecular flexibility index (Phi) is 3.48. The van der Waals surface area contributed by atoms with Gasteiger partial charge in [0.2, 0.25) is 0 Å². The highest BCUT2D eigenvalue weighted by Crippen LogP contribution is 2.22. The minimum absolute atomic E-state index is 0.0738. The van der Waals surface area contributed by atoms with Gasteiger partial charge in [0.05, 0.1) is 12.6 Å². The van der Waals surface area contributed by atoms with Gasteiger partial charge in [0, 0.05) is 11.1 Å². The van der Waals surface area contributed by atoms with E-state index >= 15 is 0 Å². The molecule has 1 N–H and O–H groups in total. The van der Waals surface area contributed by atoms with Crippen LogP contribution in [0.3, 0.4) is 0 Å². The van der Waals surface area contributed by atoms with Crippen molar-refractivity contribution in [3.63, 3.8) is 0 Å². The van der Waals surface area contributed by atoms with Crippen molar-refractivity contribution in [2.75, 3.05) is 0 Å². The molecule has 19 heavy (non-hydrogen) atoms. The van der Waals surface area contributed by atoms with Crippen molar-refractivity contribution in [2.24, 2.45) is 0 Å². The molecule has 1 heterocycles. The van der Waals surface area contributed by atoms with Gasteiger partial charge in [-0.25, -0.2) is 4.68 Å².